The number of esters is 1. The molecule has 2 rings (SSSR count). The summed E-state index contributed by atoms with van der Waals surface area (Å²) >= 11 is 0. The summed E-state index contributed by atoms with van der Waals surface area (Å²) in [5.41, 5.74) is 0. The molecular weight excluding hydrogens is 224 g/mol. The molecule has 17 heavy (non-hydrogen) atoms. The molecule has 1 amide bonds. The van der Waals surface area contributed by atoms with Crippen molar-refractivity contribution in [1.29, 1.82) is 0 Å². The van der Waals surface area contributed by atoms with Gasteiger partial charge in [-0.15, -0.1) is 0 Å². The van der Waals surface area contributed by atoms with Crippen molar-refractivity contribution in [3.63, 3.8) is 0 Å². The zero-order chi connectivity index (χ0) is 12.3. The van der Waals surface area contributed by atoms with E-state index in [1.165, 1.54) is 0 Å². The number of likely N-dealkylation sites (N-methyl/N-ethyl adjacent to an activating group) is 1. The van der Waals surface area contributed by atoms with Gasteiger partial charge in [-0.2, -0.15) is 0 Å². The molecule has 96 valence electrons. The van der Waals surface area contributed by atoms with Gasteiger partial charge in [0.25, 0.3) is 0 Å². The number of amides is 1. The van der Waals surface area contributed by atoms with Crippen LogP contribution in [0.15, 0.2) is 0 Å². The van der Waals surface area contributed by atoms with E-state index in [-0.39, 0.29) is 24.5 Å². The highest BCUT2D eigenvalue weighted by atomic mass is 16.5. The molecule has 2 aliphatic heterocycles. The van der Waals surface area contributed by atoms with E-state index in [0.717, 1.165) is 0 Å². The maximum atomic E-state index is 11.9. The smallest absolute Gasteiger partial charge is 0.323 e. The van der Waals surface area contributed by atoms with E-state index >= 15 is 0 Å². The van der Waals surface area contributed by atoms with E-state index < -0.39 is 0 Å². The van der Waals surface area contributed by atoms with Gasteiger partial charge in [-0.1, -0.05) is 0 Å². The van der Waals surface area contributed by atoms with Gasteiger partial charge in [-0.3, -0.25) is 14.5 Å². The number of carbonyl (C=O) groups excluding carboxylic acids is 2. The third kappa shape index (κ3) is 2.95. The number of rotatable bonds is 3. The van der Waals surface area contributed by atoms with Crippen LogP contribution in [0.3, 0.4) is 0 Å². The molecule has 0 aromatic rings. The number of morpholine rings is 1. The first-order valence-electron chi connectivity index (χ1n) is 5.91. The van der Waals surface area contributed by atoms with Crippen molar-refractivity contribution in [2.45, 2.75) is 12.5 Å². The van der Waals surface area contributed by atoms with Crippen molar-refractivity contribution in [3.8, 4) is 0 Å². The summed E-state index contributed by atoms with van der Waals surface area (Å²) in [5, 5.41) is 0. The molecule has 6 nitrogen and oxygen atoms in total. The Labute approximate surface area is 100 Å². The minimum Gasteiger partial charge on any atom is -0.464 e. The molecule has 0 aromatic heterocycles. The van der Waals surface area contributed by atoms with E-state index in [4.69, 9.17) is 9.47 Å². The normalized spacial score (nSPS) is 25.2. The number of ether oxygens (including phenoxy) is 2. The third-order valence-electron chi connectivity index (χ3n) is 3.19. The van der Waals surface area contributed by atoms with Gasteiger partial charge < -0.3 is 14.4 Å². The monoisotopic (exact) mass is 242 g/mol. The lowest BCUT2D eigenvalue weighted by Crippen LogP contribution is -2.47. The lowest BCUT2D eigenvalue weighted by molar-refractivity contribution is -0.143. The average Bonchev–Trinajstić information content (AvgIpc) is 2.76. The average molecular weight is 242 g/mol. The second kappa shape index (κ2) is 5.46. The lowest BCUT2D eigenvalue weighted by Gasteiger charge is -2.29. The molecule has 0 bridgehead atoms. The largest absolute Gasteiger partial charge is 0.464 e. The van der Waals surface area contributed by atoms with E-state index in [2.05, 4.69) is 0 Å². The molecule has 2 fully saturated rings. The number of hydrogen-bond acceptors (Lipinski definition) is 5. The van der Waals surface area contributed by atoms with Crippen LogP contribution in [-0.2, 0) is 19.1 Å². The predicted molar refractivity (Wildman–Crippen MR) is 59.4 cm³/mol. The molecule has 2 aliphatic rings. The fraction of sp³-hybridized carbons (Fsp3) is 0.818. The molecule has 1 atom stereocenters. The van der Waals surface area contributed by atoms with Gasteiger partial charge in [0.1, 0.15) is 6.04 Å². The maximum absolute atomic E-state index is 11.9. The lowest BCUT2D eigenvalue weighted by atomic mass is 10.2. The Bertz CT molecular complexity index is 302. The summed E-state index contributed by atoms with van der Waals surface area (Å²) in [4.78, 5) is 26.9. The zero-order valence-corrected chi connectivity index (χ0v) is 10.1. The third-order valence-corrected chi connectivity index (χ3v) is 3.19. The molecule has 0 radical (unpaired) electrons. The topological polar surface area (TPSA) is 59.1 Å². The quantitative estimate of drug-likeness (QED) is 0.600. The highest BCUT2D eigenvalue weighted by Gasteiger charge is 2.32. The number of nitrogens with zero attached hydrogens (tertiary/aromatic N) is 2. The van der Waals surface area contributed by atoms with E-state index in [1.54, 1.807) is 16.8 Å². The highest BCUT2D eigenvalue weighted by Crippen LogP contribution is 2.12. The summed E-state index contributed by atoms with van der Waals surface area (Å²) < 4.78 is 10.1. The van der Waals surface area contributed by atoms with Gasteiger partial charge in [0.15, 0.2) is 0 Å². The minimum absolute atomic E-state index is 0.0514. The number of cyclic esters (lactones) is 1. The van der Waals surface area contributed by atoms with E-state index in [9.17, 15) is 9.59 Å². The summed E-state index contributed by atoms with van der Waals surface area (Å²) in [7, 11) is 1.79. The Kier molecular flexibility index (Phi) is 3.96. The molecule has 1 unspecified atom stereocenters. The first kappa shape index (κ1) is 12.3. The zero-order valence-electron chi connectivity index (χ0n) is 10.1. The summed E-state index contributed by atoms with van der Waals surface area (Å²) in [6.45, 7) is 3.20. The Morgan fingerprint density at radius 2 is 2.12 bits per heavy atom. The van der Waals surface area contributed by atoms with Gasteiger partial charge in [0.2, 0.25) is 5.91 Å². The summed E-state index contributed by atoms with van der Waals surface area (Å²) in [5.74, 6) is -0.169. The van der Waals surface area contributed by atoms with E-state index in [0.29, 0.717) is 39.3 Å². The molecule has 6 heteroatoms. The fourth-order valence-corrected chi connectivity index (χ4v) is 2.12. The second-order valence-corrected chi connectivity index (χ2v) is 4.38. The van der Waals surface area contributed by atoms with Crippen LogP contribution in [0.1, 0.15) is 6.42 Å². The molecule has 0 N–H and O–H groups in total. The maximum Gasteiger partial charge on any atom is 0.323 e. The summed E-state index contributed by atoms with van der Waals surface area (Å²) in [6.07, 6.45) is 0.672. The standard InChI is InChI=1S/C11H18N2O4/c1-12(9-2-5-17-11(9)15)8-10(14)13-3-6-16-7-4-13/h9H,2-8H2,1H3. The van der Waals surface area contributed by atoms with Crippen molar-refractivity contribution < 1.29 is 19.1 Å². The second-order valence-electron chi connectivity index (χ2n) is 4.38. The van der Waals surface area contributed by atoms with Crippen molar-refractivity contribution >= 4 is 11.9 Å². The minimum atomic E-state index is -0.264. The first-order chi connectivity index (χ1) is 8.18. The van der Waals surface area contributed by atoms with Crippen molar-refractivity contribution in [3.05, 3.63) is 0 Å². The Balaban J connectivity index is 1.82. The van der Waals surface area contributed by atoms with Crippen LogP contribution in [0, 0.1) is 0 Å². The van der Waals surface area contributed by atoms with E-state index in [1.807, 2.05) is 0 Å². The van der Waals surface area contributed by atoms with Gasteiger partial charge in [-0.05, 0) is 7.05 Å². The molecule has 2 saturated heterocycles. The molecule has 0 aliphatic carbocycles. The van der Waals surface area contributed by atoms with Crippen LogP contribution in [0.5, 0.6) is 0 Å². The first-order valence-corrected chi connectivity index (χ1v) is 5.91. The Morgan fingerprint density at radius 3 is 2.71 bits per heavy atom. The van der Waals surface area contributed by atoms with Crippen molar-refractivity contribution in [1.82, 2.24) is 9.80 Å². The van der Waals surface area contributed by atoms with Crippen LogP contribution in [0.2, 0.25) is 0 Å². The van der Waals surface area contributed by atoms with Crippen LogP contribution in [0.4, 0.5) is 0 Å². The van der Waals surface area contributed by atoms with Crippen LogP contribution in [0.25, 0.3) is 0 Å². The van der Waals surface area contributed by atoms with Crippen LogP contribution >= 0.6 is 0 Å². The van der Waals surface area contributed by atoms with Gasteiger partial charge in [0, 0.05) is 19.5 Å². The van der Waals surface area contributed by atoms with Crippen LogP contribution in [-0.4, -0.2) is 74.2 Å². The molecular formula is C11H18N2O4. The number of carbonyl (C=O) groups is 2. The molecule has 2 heterocycles. The Morgan fingerprint density at radius 1 is 1.41 bits per heavy atom. The number of hydrogen-bond donors (Lipinski definition) is 0. The fourth-order valence-electron chi connectivity index (χ4n) is 2.12. The van der Waals surface area contributed by atoms with Crippen LogP contribution < -0.4 is 0 Å². The van der Waals surface area contributed by atoms with Crippen molar-refractivity contribution in [2.75, 3.05) is 46.5 Å². The molecule has 0 saturated carbocycles. The molecule has 0 aromatic carbocycles. The van der Waals surface area contributed by atoms with Gasteiger partial charge in [0.05, 0.1) is 26.4 Å². The predicted octanol–water partition coefficient (Wildman–Crippen LogP) is -0.907. The van der Waals surface area contributed by atoms with Gasteiger partial charge >= 0.3 is 5.97 Å². The summed E-state index contributed by atoms with van der Waals surface area (Å²) in [6, 6.07) is -0.264. The van der Waals surface area contributed by atoms with Gasteiger partial charge in [-0.25, -0.2) is 0 Å². The Hall–Kier alpha value is -1.14. The highest BCUT2D eigenvalue weighted by molar-refractivity contribution is 5.81. The van der Waals surface area contributed by atoms with Crippen molar-refractivity contribution in [2.24, 2.45) is 0 Å². The molecule has 0 spiro atoms. The SMILES string of the molecule is CN(CC(=O)N1CCOCC1)C1CCOC1=O.